The smallest absolute Gasteiger partial charge is 0.124 e. The fraction of sp³-hybridized carbons (Fsp3) is 0.467. The standard InChI is InChI=1S/C15H20FNO2/c1-12(19)10-17(2)11-14-7-13(5-3-4-6-18)8-15(16)9-14/h7-9,12,18-19H,4,6,10-11H2,1-2H3. The molecule has 1 rings (SSSR count). The molecule has 0 radical (unpaired) electrons. The Bertz CT molecular complexity index is 463. The summed E-state index contributed by atoms with van der Waals surface area (Å²) >= 11 is 0. The first-order chi connectivity index (χ1) is 9.01. The average molecular weight is 265 g/mol. The lowest BCUT2D eigenvalue weighted by molar-refractivity contribution is 0.138. The van der Waals surface area contributed by atoms with Crippen LogP contribution in [0.1, 0.15) is 24.5 Å². The number of aliphatic hydroxyl groups is 2. The lowest BCUT2D eigenvalue weighted by Crippen LogP contribution is -2.26. The van der Waals surface area contributed by atoms with E-state index in [1.54, 1.807) is 6.92 Å². The van der Waals surface area contributed by atoms with E-state index in [-0.39, 0.29) is 12.4 Å². The summed E-state index contributed by atoms with van der Waals surface area (Å²) in [5.74, 6) is 5.27. The Morgan fingerprint density at radius 2 is 2.11 bits per heavy atom. The van der Waals surface area contributed by atoms with Crippen LogP contribution in [-0.4, -0.2) is 41.4 Å². The van der Waals surface area contributed by atoms with Crippen molar-refractivity contribution in [2.45, 2.75) is 26.0 Å². The second-order valence-corrected chi connectivity index (χ2v) is 4.67. The first-order valence-electron chi connectivity index (χ1n) is 6.27. The third kappa shape index (κ3) is 6.35. The molecule has 0 aliphatic carbocycles. The predicted octanol–water partition coefficient (Wildman–Crippen LogP) is 1.37. The van der Waals surface area contributed by atoms with E-state index in [1.165, 1.54) is 12.1 Å². The Labute approximate surface area is 113 Å². The summed E-state index contributed by atoms with van der Waals surface area (Å²) in [7, 11) is 1.87. The molecular formula is C15H20FNO2. The molecule has 1 aromatic carbocycles. The highest BCUT2D eigenvalue weighted by atomic mass is 19.1. The summed E-state index contributed by atoms with van der Waals surface area (Å²) in [6, 6.07) is 4.67. The van der Waals surface area contributed by atoms with Gasteiger partial charge in [-0.3, -0.25) is 4.90 Å². The van der Waals surface area contributed by atoms with Crippen LogP contribution in [0, 0.1) is 17.7 Å². The molecule has 0 spiro atoms. The summed E-state index contributed by atoms with van der Waals surface area (Å²) < 4.78 is 13.5. The van der Waals surface area contributed by atoms with Gasteiger partial charge in [-0.15, -0.1) is 0 Å². The van der Waals surface area contributed by atoms with Gasteiger partial charge in [-0.2, -0.15) is 0 Å². The molecule has 0 aliphatic heterocycles. The van der Waals surface area contributed by atoms with Crippen LogP contribution < -0.4 is 0 Å². The lowest BCUT2D eigenvalue weighted by atomic mass is 10.1. The zero-order valence-electron chi connectivity index (χ0n) is 11.4. The quantitative estimate of drug-likeness (QED) is 0.790. The molecular weight excluding hydrogens is 245 g/mol. The Morgan fingerprint density at radius 1 is 1.37 bits per heavy atom. The zero-order valence-corrected chi connectivity index (χ0v) is 11.4. The van der Waals surface area contributed by atoms with E-state index in [4.69, 9.17) is 5.11 Å². The third-order valence-electron chi connectivity index (χ3n) is 2.46. The molecule has 19 heavy (non-hydrogen) atoms. The highest BCUT2D eigenvalue weighted by molar-refractivity contribution is 5.37. The monoisotopic (exact) mass is 265 g/mol. The first kappa shape index (κ1) is 15.6. The molecule has 1 aromatic rings. The fourth-order valence-electron chi connectivity index (χ4n) is 1.86. The van der Waals surface area contributed by atoms with Gasteiger partial charge in [0.25, 0.3) is 0 Å². The van der Waals surface area contributed by atoms with Gasteiger partial charge in [0.15, 0.2) is 0 Å². The molecule has 0 saturated heterocycles. The molecule has 1 unspecified atom stereocenters. The van der Waals surface area contributed by atoms with Gasteiger partial charge in [-0.05, 0) is 37.7 Å². The number of hydrogen-bond donors (Lipinski definition) is 2. The molecule has 3 nitrogen and oxygen atoms in total. The molecule has 2 N–H and O–H groups in total. The van der Waals surface area contributed by atoms with Gasteiger partial charge in [0.05, 0.1) is 12.7 Å². The van der Waals surface area contributed by atoms with Crippen LogP contribution in [0.25, 0.3) is 0 Å². The maximum absolute atomic E-state index is 13.5. The van der Waals surface area contributed by atoms with Crippen LogP contribution in [0.2, 0.25) is 0 Å². The van der Waals surface area contributed by atoms with Gasteiger partial charge < -0.3 is 10.2 Å². The largest absolute Gasteiger partial charge is 0.395 e. The lowest BCUT2D eigenvalue weighted by Gasteiger charge is -2.18. The normalized spacial score (nSPS) is 12.1. The number of aliphatic hydroxyl groups excluding tert-OH is 2. The molecule has 0 saturated carbocycles. The van der Waals surface area contributed by atoms with Crippen LogP contribution in [0.3, 0.4) is 0 Å². The van der Waals surface area contributed by atoms with E-state index >= 15 is 0 Å². The van der Waals surface area contributed by atoms with E-state index in [0.717, 1.165) is 5.56 Å². The summed E-state index contributed by atoms with van der Waals surface area (Å²) in [5, 5.41) is 17.9. The SMILES string of the molecule is CC(O)CN(C)Cc1cc(F)cc(C#CCCO)c1. The molecule has 0 bridgehead atoms. The molecule has 0 fully saturated rings. The van der Waals surface area contributed by atoms with Crippen molar-refractivity contribution in [1.82, 2.24) is 4.90 Å². The number of likely N-dealkylation sites (N-methyl/N-ethyl adjacent to an activating group) is 1. The van der Waals surface area contributed by atoms with Crippen LogP contribution in [0.15, 0.2) is 18.2 Å². The van der Waals surface area contributed by atoms with E-state index in [0.29, 0.717) is 25.1 Å². The molecule has 1 atom stereocenters. The number of rotatable bonds is 5. The minimum absolute atomic E-state index is 0.00625. The zero-order chi connectivity index (χ0) is 14.3. The molecule has 0 amide bonds. The Morgan fingerprint density at radius 3 is 2.74 bits per heavy atom. The maximum atomic E-state index is 13.5. The highest BCUT2D eigenvalue weighted by Crippen LogP contribution is 2.11. The molecule has 0 heterocycles. The summed E-state index contributed by atoms with van der Waals surface area (Å²) in [6.45, 7) is 2.81. The van der Waals surface area contributed by atoms with Crippen molar-refractivity contribution in [3.63, 3.8) is 0 Å². The van der Waals surface area contributed by atoms with Crippen molar-refractivity contribution in [2.24, 2.45) is 0 Å². The number of benzene rings is 1. The van der Waals surface area contributed by atoms with E-state index in [2.05, 4.69) is 11.8 Å². The average Bonchev–Trinajstić information content (AvgIpc) is 2.27. The van der Waals surface area contributed by atoms with Gasteiger partial charge in [0.2, 0.25) is 0 Å². The summed E-state index contributed by atoms with van der Waals surface area (Å²) in [5.41, 5.74) is 1.42. The Hall–Kier alpha value is -1.41. The molecule has 0 aliphatic rings. The number of nitrogens with zero attached hydrogens (tertiary/aromatic N) is 1. The van der Waals surface area contributed by atoms with Gasteiger partial charge in [-0.25, -0.2) is 4.39 Å². The Kier molecular flexibility index (Phi) is 6.51. The van der Waals surface area contributed by atoms with E-state index < -0.39 is 6.10 Å². The van der Waals surface area contributed by atoms with Crippen LogP contribution in [-0.2, 0) is 6.54 Å². The summed E-state index contributed by atoms with van der Waals surface area (Å²) in [6.07, 6.45) is -0.0318. The maximum Gasteiger partial charge on any atom is 0.124 e. The van der Waals surface area contributed by atoms with Crippen molar-refractivity contribution < 1.29 is 14.6 Å². The molecule has 104 valence electrons. The topological polar surface area (TPSA) is 43.7 Å². The van der Waals surface area contributed by atoms with Crippen molar-refractivity contribution in [1.29, 1.82) is 0 Å². The van der Waals surface area contributed by atoms with Crippen LogP contribution in [0.4, 0.5) is 4.39 Å². The van der Waals surface area contributed by atoms with Gasteiger partial charge in [-0.1, -0.05) is 11.8 Å². The first-order valence-corrected chi connectivity index (χ1v) is 6.27. The molecule has 4 heteroatoms. The van der Waals surface area contributed by atoms with Crippen molar-refractivity contribution in [3.05, 3.63) is 35.1 Å². The predicted molar refractivity (Wildman–Crippen MR) is 73.0 cm³/mol. The van der Waals surface area contributed by atoms with Crippen LogP contribution in [0.5, 0.6) is 0 Å². The van der Waals surface area contributed by atoms with E-state index in [1.807, 2.05) is 18.0 Å². The highest BCUT2D eigenvalue weighted by Gasteiger charge is 2.06. The minimum Gasteiger partial charge on any atom is -0.395 e. The van der Waals surface area contributed by atoms with Gasteiger partial charge in [0, 0.05) is 25.1 Å². The van der Waals surface area contributed by atoms with Gasteiger partial charge in [0.1, 0.15) is 5.82 Å². The Balaban J connectivity index is 2.77. The van der Waals surface area contributed by atoms with Gasteiger partial charge >= 0.3 is 0 Å². The second kappa shape index (κ2) is 7.90. The minimum atomic E-state index is -0.414. The molecule has 0 aromatic heterocycles. The third-order valence-corrected chi connectivity index (χ3v) is 2.46. The summed E-state index contributed by atoms with van der Waals surface area (Å²) in [4.78, 5) is 1.92. The fourth-order valence-corrected chi connectivity index (χ4v) is 1.86. The van der Waals surface area contributed by atoms with Crippen LogP contribution >= 0.6 is 0 Å². The van der Waals surface area contributed by atoms with Crippen molar-refractivity contribution >= 4 is 0 Å². The number of halogens is 1. The van der Waals surface area contributed by atoms with Crippen molar-refractivity contribution in [2.75, 3.05) is 20.2 Å². The second-order valence-electron chi connectivity index (χ2n) is 4.67. The van der Waals surface area contributed by atoms with E-state index in [9.17, 15) is 9.50 Å². The van der Waals surface area contributed by atoms with Crippen molar-refractivity contribution in [3.8, 4) is 11.8 Å². The number of hydrogen-bond acceptors (Lipinski definition) is 3.